The van der Waals surface area contributed by atoms with Gasteiger partial charge in [-0.2, -0.15) is 0 Å². The monoisotopic (exact) mass is 688 g/mol. The summed E-state index contributed by atoms with van der Waals surface area (Å²) in [5, 5.41) is 0. The molecule has 5 heteroatoms. The normalized spacial score (nSPS) is 13.6. The molecule has 23 heavy (non-hydrogen) atoms. The van der Waals surface area contributed by atoms with E-state index in [9.17, 15) is 0 Å². The van der Waals surface area contributed by atoms with E-state index in [4.69, 9.17) is 17.8 Å². The van der Waals surface area contributed by atoms with E-state index >= 15 is 0 Å². The molecule has 0 unspecified atom stereocenters. The first kappa shape index (κ1) is 26.0. The Kier molecular flexibility index (Phi) is 14.9. The van der Waals surface area contributed by atoms with Gasteiger partial charge >= 0.3 is 162 Å². The van der Waals surface area contributed by atoms with Crippen LogP contribution in [-0.2, 0) is 0 Å². The van der Waals surface area contributed by atoms with Gasteiger partial charge in [-0.15, -0.1) is 0 Å². The van der Waals surface area contributed by atoms with E-state index < -0.39 is 37.1 Å². The number of rotatable bonds is 14. The van der Waals surface area contributed by atoms with Crippen molar-refractivity contribution in [2.45, 2.75) is 107 Å². The van der Waals surface area contributed by atoms with Crippen molar-refractivity contribution in [2.75, 3.05) is 0 Å². The summed E-state index contributed by atoms with van der Waals surface area (Å²) in [6, 6.07) is 0. The second-order valence-electron chi connectivity index (χ2n) is 7.51. The summed E-state index contributed by atoms with van der Waals surface area (Å²) in [5.41, 5.74) is 0. The Morgan fingerprint density at radius 1 is 0.435 bits per heavy atom. The van der Waals surface area contributed by atoms with Gasteiger partial charge in [-0.25, -0.2) is 0 Å². The van der Waals surface area contributed by atoms with Crippen molar-refractivity contribution in [1.82, 2.24) is 0 Å². The van der Waals surface area contributed by atoms with E-state index in [1.165, 1.54) is 56.3 Å². The van der Waals surface area contributed by atoms with Gasteiger partial charge in [0.1, 0.15) is 0 Å². The van der Waals surface area contributed by atoms with Crippen molar-refractivity contribution in [3.05, 3.63) is 0 Å². The van der Waals surface area contributed by atoms with Crippen LogP contribution >= 0.6 is 17.8 Å². The molecule has 0 amide bonds. The molecule has 0 heterocycles. The fraction of sp³-hybridized carbons (Fsp3) is 1.00. The zero-order valence-corrected chi connectivity index (χ0v) is 26.8. The van der Waals surface area contributed by atoms with Gasteiger partial charge in [-0.3, -0.25) is 0 Å². The van der Waals surface area contributed by atoms with Crippen LogP contribution in [0.3, 0.4) is 0 Å². The van der Waals surface area contributed by atoms with E-state index in [1.807, 2.05) is 0 Å². The number of halogens is 2. The summed E-state index contributed by atoms with van der Waals surface area (Å²) in [6.45, 7) is 14.4. The van der Waals surface area contributed by atoms with E-state index in [0.29, 0.717) is 0 Å². The fourth-order valence-corrected chi connectivity index (χ4v) is 472. The Hall–Kier alpha value is 2.98. The molecule has 0 aliphatic carbocycles. The molecule has 0 aliphatic rings. The molecule has 0 rings (SSSR count). The second kappa shape index (κ2) is 13.2. The maximum absolute atomic E-state index is 7.85. The summed E-state index contributed by atoms with van der Waals surface area (Å²) in [6.07, 6.45) is 8.03. The quantitative estimate of drug-likeness (QED) is 0.161. The van der Waals surface area contributed by atoms with Crippen molar-refractivity contribution in [1.29, 1.82) is 0 Å². The number of hydrogen-bond donors (Lipinski definition) is 0. The van der Waals surface area contributed by atoms with Crippen LogP contribution in [0.4, 0.5) is 0 Å². The molecule has 0 radical (unpaired) electrons. The van der Waals surface area contributed by atoms with Crippen LogP contribution in [0.25, 0.3) is 0 Å². The minimum absolute atomic E-state index is 1.32. The molecule has 0 saturated heterocycles. The molecule has 0 atom stereocenters. The SMILES string of the molecule is CC[CH2][Sn]([Cl])([CH2]CC)[Sn]([CH2]CC)([CH2]CC)[Sn]([Cl])([CH2]CC)[CH2]CC. The summed E-state index contributed by atoms with van der Waals surface area (Å²) in [5.74, 6) is 0. The van der Waals surface area contributed by atoms with Gasteiger partial charge in [-0.1, -0.05) is 0 Å². The topological polar surface area (TPSA) is 0 Å². The van der Waals surface area contributed by atoms with Gasteiger partial charge in [0, 0.05) is 0 Å². The van der Waals surface area contributed by atoms with Gasteiger partial charge in [0.15, 0.2) is 0 Å². The van der Waals surface area contributed by atoms with Crippen molar-refractivity contribution in [3.63, 3.8) is 0 Å². The van der Waals surface area contributed by atoms with Crippen molar-refractivity contribution < 1.29 is 0 Å². The molecule has 0 aromatic heterocycles. The average molecular weight is 686 g/mol. The molecular weight excluding hydrogens is 643 g/mol. The Morgan fingerprint density at radius 3 is 0.826 bits per heavy atom. The first-order valence-corrected chi connectivity index (χ1v) is 51.6. The molecular formula is C18H42Cl2Sn3. The Balaban J connectivity index is 6.20. The van der Waals surface area contributed by atoms with Crippen LogP contribution in [-0.4, -0.2) is 37.1 Å². The van der Waals surface area contributed by atoms with Crippen molar-refractivity contribution >= 4 is 54.9 Å². The van der Waals surface area contributed by atoms with Crippen molar-refractivity contribution in [3.8, 4) is 0 Å². The van der Waals surface area contributed by atoms with Crippen LogP contribution in [0.5, 0.6) is 0 Å². The summed E-state index contributed by atoms with van der Waals surface area (Å²) in [7, 11) is 13.3. The van der Waals surface area contributed by atoms with Crippen LogP contribution in [0.1, 0.15) is 80.1 Å². The Labute approximate surface area is 159 Å². The molecule has 0 saturated carbocycles. The molecule has 0 spiro atoms. The van der Waals surface area contributed by atoms with E-state index in [-0.39, 0.29) is 0 Å². The third-order valence-electron chi connectivity index (χ3n) is 5.65. The summed E-state index contributed by atoms with van der Waals surface area (Å²) < 4.78 is 8.89. The zero-order valence-electron chi connectivity index (χ0n) is 16.7. The molecule has 0 nitrogen and oxygen atoms in total. The average Bonchev–Trinajstić information content (AvgIpc) is 2.47. The maximum atomic E-state index is 7.85. The third kappa shape index (κ3) is 6.52. The molecule has 0 fully saturated rings. The van der Waals surface area contributed by atoms with Gasteiger partial charge in [0.05, 0.1) is 0 Å². The molecule has 0 aliphatic heterocycles. The first-order valence-electron chi connectivity index (χ1n) is 10.2. The zero-order chi connectivity index (χ0) is 18.0. The molecule has 0 aromatic rings. The van der Waals surface area contributed by atoms with Gasteiger partial charge in [-0.05, 0) is 0 Å². The van der Waals surface area contributed by atoms with Crippen molar-refractivity contribution in [2.24, 2.45) is 0 Å². The standard InChI is InChI=1S/6C3H7.2ClH.3Sn/c6*1-3-2;;;;;/h6*1,3H2,2H3;2*1H;;;/q;;;;;;;;;2*+1/p-2. The van der Waals surface area contributed by atoms with Gasteiger partial charge < -0.3 is 0 Å². The predicted molar refractivity (Wildman–Crippen MR) is 120 cm³/mol. The first-order chi connectivity index (χ1) is 10.9. The molecule has 0 aromatic carbocycles. The Bertz CT molecular complexity index is 269. The fourth-order valence-electron chi connectivity index (χ4n) is 5.07. The van der Waals surface area contributed by atoms with E-state index in [2.05, 4.69) is 41.5 Å². The van der Waals surface area contributed by atoms with Gasteiger partial charge in [0.2, 0.25) is 0 Å². The minimum atomic E-state index is -2.55. The third-order valence-corrected chi connectivity index (χ3v) is 343. The predicted octanol–water partition coefficient (Wildman–Crippen LogP) is 8.42. The molecule has 0 bridgehead atoms. The van der Waals surface area contributed by atoms with Crippen LogP contribution in [0, 0.1) is 0 Å². The van der Waals surface area contributed by atoms with Crippen LogP contribution in [0.15, 0.2) is 0 Å². The summed E-state index contributed by atoms with van der Waals surface area (Å²) >= 11 is -5.10. The molecule has 0 N–H and O–H groups in total. The Morgan fingerprint density at radius 2 is 0.652 bits per heavy atom. The second-order valence-corrected chi connectivity index (χ2v) is 156. The van der Waals surface area contributed by atoms with E-state index in [1.54, 1.807) is 8.87 Å². The van der Waals surface area contributed by atoms with Crippen LogP contribution < -0.4 is 0 Å². The van der Waals surface area contributed by atoms with Crippen LogP contribution in [0.2, 0.25) is 26.6 Å². The van der Waals surface area contributed by atoms with E-state index in [0.717, 1.165) is 0 Å². The number of hydrogen-bond acceptors (Lipinski definition) is 0. The molecule has 140 valence electrons. The van der Waals surface area contributed by atoms with Gasteiger partial charge in [0.25, 0.3) is 0 Å². The summed E-state index contributed by atoms with van der Waals surface area (Å²) in [4.78, 5) is 0.